The van der Waals surface area contributed by atoms with Crippen molar-refractivity contribution in [2.45, 2.75) is 20.3 Å². The van der Waals surface area contributed by atoms with Crippen LogP contribution in [0, 0.1) is 10.5 Å². The summed E-state index contributed by atoms with van der Waals surface area (Å²) in [5.74, 6) is -0.132. The summed E-state index contributed by atoms with van der Waals surface area (Å²) in [7, 11) is 0. The van der Waals surface area contributed by atoms with E-state index in [4.69, 9.17) is 5.73 Å². The van der Waals surface area contributed by atoms with Crippen molar-refractivity contribution >= 4 is 39.9 Å². The fourth-order valence-electron chi connectivity index (χ4n) is 1.95. The molecule has 0 heterocycles. The predicted octanol–water partition coefficient (Wildman–Crippen LogP) is 4.00. The summed E-state index contributed by atoms with van der Waals surface area (Å²) in [6.45, 7) is 4.00. The van der Waals surface area contributed by atoms with Gasteiger partial charge in [-0.2, -0.15) is 0 Å². The average molecular weight is 380 g/mol. The normalized spacial score (nSPS) is 10.3. The number of halogens is 1. The molecule has 4 heteroatoms. The van der Waals surface area contributed by atoms with Crippen LogP contribution in [0.1, 0.15) is 28.4 Å². The van der Waals surface area contributed by atoms with Crippen molar-refractivity contribution < 1.29 is 4.79 Å². The molecule has 0 aliphatic carbocycles. The van der Waals surface area contributed by atoms with Gasteiger partial charge in [0, 0.05) is 20.5 Å². The fourth-order valence-corrected chi connectivity index (χ4v) is 2.51. The molecule has 2 rings (SSSR count). The van der Waals surface area contributed by atoms with Gasteiger partial charge in [0.2, 0.25) is 0 Å². The Hall–Kier alpha value is -1.56. The first-order valence-corrected chi connectivity index (χ1v) is 7.55. The maximum absolute atomic E-state index is 12.3. The lowest BCUT2D eigenvalue weighted by molar-refractivity contribution is 0.102. The first-order chi connectivity index (χ1) is 9.51. The van der Waals surface area contributed by atoms with Crippen LogP contribution < -0.4 is 11.1 Å². The Kier molecular flexibility index (Phi) is 4.65. The van der Waals surface area contributed by atoms with Crippen molar-refractivity contribution in [2.75, 3.05) is 11.1 Å². The standard InChI is InChI=1S/C16H17IN2O/c1-3-11-8-13(17)6-7-15(11)19-16(20)12-5-4-10(2)14(18)9-12/h4-9H,3,18H2,1-2H3,(H,19,20). The number of hydrogen-bond acceptors (Lipinski definition) is 2. The summed E-state index contributed by atoms with van der Waals surface area (Å²) in [6, 6.07) is 11.4. The number of carbonyl (C=O) groups is 1. The van der Waals surface area contributed by atoms with Crippen LogP contribution in [-0.2, 0) is 6.42 Å². The van der Waals surface area contributed by atoms with E-state index in [1.165, 1.54) is 0 Å². The summed E-state index contributed by atoms with van der Waals surface area (Å²) in [5, 5.41) is 2.95. The van der Waals surface area contributed by atoms with Gasteiger partial charge in [0.25, 0.3) is 5.91 Å². The van der Waals surface area contributed by atoms with Crippen LogP contribution in [0.5, 0.6) is 0 Å². The van der Waals surface area contributed by atoms with Crippen molar-refractivity contribution in [1.82, 2.24) is 0 Å². The molecule has 0 aromatic heterocycles. The molecule has 2 aromatic rings. The topological polar surface area (TPSA) is 55.1 Å². The third kappa shape index (κ3) is 3.30. The molecule has 0 unspecified atom stereocenters. The van der Waals surface area contributed by atoms with Crippen LogP contribution in [0.4, 0.5) is 11.4 Å². The molecule has 0 aliphatic rings. The van der Waals surface area contributed by atoms with E-state index in [1.54, 1.807) is 12.1 Å². The highest BCUT2D eigenvalue weighted by molar-refractivity contribution is 14.1. The zero-order chi connectivity index (χ0) is 14.7. The molecule has 1 amide bonds. The molecule has 0 atom stereocenters. The molecule has 0 spiro atoms. The Balaban J connectivity index is 2.25. The van der Waals surface area contributed by atoms with Crippen LogP contribution in [0.15, 0.2) is 36.4 Å². The van der Waals surface area contributed by atoms with E-state index in [1.807, 2.05) is 25.1 Å². The van der Waals surface area contributed by atoms with E-state index in [0.717, 1.165) is 26.8 Å². The van der Waals surface area contributed by atoms with Gasteiger partial charge in [-0.15, -0.1) is 0 Å². The molecule has 20 heavy (non-hydrogen) atoms. The number of rotatable bonds is 3. The minimum Gasteiger partial charge on any atom is -0.398 e. The second-order valence-corrected chi connectivity index (χ2v) is 5.93. The molecular weight excluding hydrogens is 363 g/mol. The summed E-state index contributed by atoms with van der Waals surface area (Å²) < 4.78 is 1.16. The highest BCUT2D eigenvalue weighted by Gasteiger charge is 2.10. The van der Waals surface area contributed by atoms with Crippen LogP contribution in [-0.4, -0.2) is 5.91 Å². The molecule has 0 radical (unpaired) electrons. The molecule has 0 saturated heterocycles. The number of amides is 1. The minimum atomic E-state index is -0.132. The van der Waals surface area contributed by atoms with E-state index in [9.17, 15) is 4.79 Å². The van der Waals surface area contributed by atoms with Gasteiger partial charge >= 0.3 is 0 Å². The first kappa shape index (κ1) is 14.8. The van der Waals surface area contributed by atoms with E-state index in [0.29, 0.717) is 11.3 Å². The van der Waals surface area contributed by atoms with Crippen LogP contribution in [0.2, 0.25) is 0 Å². The highest BCUT2D eigenvalue weighted by Crippen LogP contribution is 2.21. The number of nitrogens with one attached hydrogen (secondary N) is 1. The highest BCUT2D eigenvalue weighted by atomic mass is 127. The number of nitrogens with two attached hydrogens (primary N) is 1. The molecule has 3 N–H and O–H groups in total. The third-order valence-electron chi connectivity index (χ3n) is 3.24. The van der Waals surface area contributed by atoms with Crippen molar-refractivity contribution in [3.63, 3.8) is 0 Å². The molecule has 0 aliphatic heterocycles. The third-order valence-corrected chi connectivity index (χ3v) is 3.91. The van der Waals surface area contributed by atoms with Crippen LogP contribution >= 0.6 is 22.6 Å². The lowest BCUT2D eigenvalue weighted by atomic mass is 10.1. The van der Waals surface area contributed by atoms with Gasteiger partial charge in [0.1, 0.15) is 0 Å². The Morgan fingerprint density at radius 3 is 2.65 bits per heavy atom. The fraction of sp³-hybridized carbons (Fsp3) is 0.188. The second kappa shape index (κ2) is 6.26. The van der Waals surface area contributed by atoms with Gasteiger partial charge in [-0.1, -0.05) is 13.0 Å². The van der Waals surface area contributed by atoms with E-state index < -0.39 is 0 Å². The van der Waals surface area contributed by atoms with E-state index >= 15 is 0 Å². The van der Waals surface area contributed by atoms with Crippen LogP contribution in [0.3, 0.4) is 0 Å². The lowest BCUT2D eigenvalue weighted by Gasteiger charge is -2.11. The number of hydrogen-bond donors (Lipinski definition) is 2. The van der Waals surface area contributed by atoms with E-state index in [-0.39, 0.29) is 5.91 Å². The maximum atomic E-state index is 12.3. The van der Waals surface area contributed by atoms with Gasteiger partial charge in [-0.05, 0) is 77.4 Å². The van der Waals surface area contributed by atoms with Gasteiger partial charge in [0.15, 0.2) is 0 Å². The summed E-state index contributed by atoms with van der Waals surface area (Å²) in [5.41, 5.74) is 10.0. The molecule has 0 bridgehead atoms. The summed E-state index contributed by atoms with van der Waals surface area (Å²) in [6.07, 6.45) is 0.877. The molecular formula is C16H17IN2O. The Morgan fingerprint density at radius 1 is 1.25 bits per heavy atom. The Bertz CT molecular complexity index is 653. The van der Waals surface area contributed by atoms with Crippen molar-refractivity contribution in [3.8, 4) is 0 Å². The minimum absolute atomic E-state index is 0.132. The smallest absolute Gasteiger partial charge is 0.255 e. The van der Waals surface area contributed by atoms with Gasteiger partial charge in [0.05, 0.1) is 0 Å². The monoisotopic (exact) mass is 380 g/mol. The zero-order valence-electron chi connectivity index (χ0n) is 11.5. The lowest BCUT2D eigenvalue weighted by Crippen LogP contribution is -2.13. The van der Waals surface area contributed by atoms with Gasteiger partial charge in [-0.25, -0.2) is 0 Å². The molecule has 0 fully saturated rings. The van der Waals surface area contributed by atoms with Crippen molar-refractivity contribution in [2.24, 2.45) is 0 Å². The summed E-state index contributed by atoms with van der Waals surface area (Å²) in [4.78, 5) is 12.3. The number of carbonyl (C=O) groups excluding carboxylic acids is 1. The molecule has 3 nitrogen and oxygen atoms in total. The number of aryl methyl sites for hydroxylation is 2. The first-order valence-electron chi connectivity index (χ1n) is 6.47. The van der Waals surface area contributed by atoms with Gasteiger partial charge in [-0.3, -0.25) is 4.79 Å². The number of nitrogen functional groups attached to an aromatic ring is 1. The largest absolute Gasteiger partial charge is 0.398 e. The van der Waals surface area contributed by atoms with E-state index in [2.05, 4.69) is 40.9 Å². The second-order valence-electron chi connectivity index (χ2n) is 4.68. The molecule has 2 aromatic carbocycles. The Labute approximate surface area is 132 Å². The quantitative estimate of drug-likeness (QED) is 0.625. The average Bonchev–Trinajstić information content (AvgIpc) is 2.43. The molecule has 104 valence electrons. The number of anilines is 2. The van der Waals surface area contributed by atoms with Crippen LogP contribution in [0.25, 0.3) is 0 Å². The van der Waals surface area contributed by atoms with Crippen molar-refractivity contribution in [3.05, 3.63) is 56.7 Å². The van der Waals surface area contributed by atoms with Gasteiger partial charge < -0.3 is 11.1 Å². The summed E-state index contributed by atoms with van der Waals surface area (Å²) >= 11 is 2.27. The maximum Gasteiger partial charge on any atom is 0.255 e. The predicted molar refractivity (Wildman–Crippen MR) is 92.1 cm³/mol. The number of benzene rings is 2. The molecule has 0 saturated carbocycles. The Morgan fingerprint density at radius 2 is 2.00 bits per heavy atom. The SMILES string of the molecule is CCc1cc(I)ccc1NC(=O)c1ccc(C)c(N)c1. The van der Waals surface area contributed by atoms with Crippen molar-refractivity contribution in [1.29, 1.82) is 0 Å². The zero-order valence-corrected chi connectivity index (χ0v) is 13.7.